The molecule has 2 heterocycles. The Morgan fingerprint density at radius 1 is 1.50 bits per heavy atom. The standard InChI is InChI=1S/C15H26N2O3SSi/c1-7-19-13(18)10-9-21-14(16-10)17-11(15(2,3)4)8-12(17)20-22(5)6/h9,11-12,22H,7-8H2,1-6H3. The zero-order valence-electron chi connectivity index (χ0n) is 14.3. The first-order valence-corrected chi connectivity index (χ1v) is 11.5. The van der Waals surface area contributed by atoms with Gasteiger partial charge in [0, 0.05) is 17.8 Å². The van der Waals surface area contributed by atoms with E-state index < -0.39 is 9.04 Å². The van der Waals surface area contributed by atoms with Crippen LogP contribution in [0.5, 0.6) is 0 Å². The lowest BCUT2D eigenvalue weighted by Crippen LogP contribution is -2.63. The zero-order valence-corrected chi connectivity index (χ0v) is 16.2. The van der Waals surface area contributed by atoms with Crippen molar-refractivity contribution in [3.05, 3.63) is 11.1 Å². The van der Waals surface area contributed by atoms with E-state index in [0.717, 1.165) is 11.6 Å². The molecule has 0 N–H and O–H groups in total. The van der Waals surface area contributed by atoms with Gasteiger partial charge in [-0.05, 0) is 25.4 Å². The monoisotopic (exact) mass is 342 g/mol. The van der Waals surface area contributed by atoms with Crippen molar-refractivity contribution < 1.29 is 14.0 Å². The van der Waals surface area contributed by atoms with Crippen LogP contribution in [0.25, 0.3) is 0 Å². The summed E-state index contributed by atoms with van der Waals surface area (Å²) in [6.07, 6.45) is 1.11. The van der Waals surface area contributed by atoms with Crippen LogP contribution in [0.4, 0.5) is 5.13 Å². The Balaban J connectivity index is 2.19. The molecule has 7 heteroatoms. The third-order valence-corrected chi connectivity index (χ3v) is 5.41. The van der Waals surface area contributed by atoms with Crippen molar-refractivity contribution in [1.82, 2.24) is 4.98 Å². The van der Waals surface area contributed by atoms with Gasteiger partial charge in [0.1, 0.15) is 6.23 Å². The molecule has 5 nitrogen and oxygen atoms in total. The van der Waals surface area contributed by atoms with Gasteiger partial charge in [0.25, 0.3) is 0 Å². The number of ether oxygens (including phenoxy) is 1. The number of rotatable bonds is 5. The second-order valence-corrected chi connectivity index (χ2v) is 10.1. The highest BCUT2D eigenvalue weighted by molar-refractivity contribution is 7.14. The first kappa shape index (κ1) is 17.4. The minimum atomic E-state index is -1.12. The first-order valence-electron chi connectivity index (χ1n) is 7.80. The van der Waals surface area contributed by atoms with E-state index in [0.29, 0.717) is 18.3 Å². The van der Waals surface area contributed by atoms with Crippen molar-refractivity contribution >= 4 is 31.5 Å². The van der Waals surface area contributed by atoms with Gasteiger partial charge in [0.15, 0.2) is 19.9 Å². The molecule has 1 fully saturated rings. The molecule has 0 bridgehead atoms. The molecular weight excluding hydrogens is 316 g/mol. The van der Waals surface area contributed by atoms with Crippen molar-refractivity contribution in [1.29, 1.82) is 0 Å². The molecule has 1 aromatic heterocycles. The van der Waals surface area contributed by atoms with Crippen LogP contribution in [-0.2, 0) is 9.16 Å². The number of esters is 1. The number of hydrogen-bond acceptors (Lipinski definition) is 6. The van der Waals surface area contributed by atoms with Gasteiger partial charge in [0.2, 0.25) is 0 Å². The minimum absolute atomic E-state index is 0.0945. The topological polar surface area (TPSA) is 51.7 Å². The molecule has 2 rings (SSSR count). The Morgan fingerprint density at radius 3 is 2.73 bits per heavy atom. The third-order valence-electron chi connectivity index (χ3n) is 3.70. The van der Waals surface area contributed by atoms with Crippen molar-refractivity contribution in [2.75, 3.05) is 11.5 Å². The number of hydrogen-bond donors (Lipinski definition) is 0. The Kier molecular flexibility index (Phi) is 5.29. The van der Waals surface area contributed by atoms with E-state index in [1.807, 2.05) is 0 Å². The average Bonchev–Trinajstić information content (AvgIpc) is 2.81. The first-order chi connectivity index (χ1) is 10.2. The summed E-state index contributed by atoms with van der Waals surface area (Å²) >= 11 is 1.49. The van der Waals surface area contributed by atoms with Crippen molar-refractivity contribution in [3.8, 4) is 0 Å². The number of aromatic nitrogens is 1. The van der Waals surface area contributed by atoms with Crippen LogP contribution in [-0.4, -0.2) is 38.9 Å². The summed E-state index contributed by atoms with van der Waals surface area (Å²) in [6, 6.07) is 0.381. The maximum atomic E-state index is 11.8. The number of nitrogens with zero attached hydrogens (tertiary/aromatic N) is 2. The van der Waals surface area contributed by atoms with Crippen LogP contribution in [0.1, 0.15) is 44.6 Å². The van der Waals surface area contributed by atoms with E-state index in [-0.39, 0.29) is 17.6 Å². The summed E-state index contributed by atoms with van der Waals surface area (Å²) in [5.74, 6) is -0.353. The number of anilines is 1. The highest BCUT2D eigenvalue weighted by atomic mass is 32.1. The van der Waals surface area contributed by atoms with Gasteiger partial charge in [-0.25, -0.2) is 9.78 Å². The molecule has 0 saturated carbocycles. The Bertz CT molecular complexity index is 527. The van der Waals surface area contributed by atoms with Crippen LogP contribution in [0.3, 0.4) is 0 Å². The number of thiazole rings is 1. The van der Waals surface area contributed by atoms with E-state index >= 15 is 0 Å². The van der Waals surface area contributed by atoms with Crippen LogP contribution in [0.15, 0.2) is 5.38 Å². The molecule has 1 saturated heterocycles. The maximum absolute atomic E-state index is 11.8. The molecule has 0 aliphatic carbocycles. The quantitative estimate of drug-likeness (QED) is 0.607. The van der Waals surface area contributed by atoms with Gasteiger partial charge in [-0.3, -0.25) is 0 Å². The van der Waals surface area contributed by atoms with Crippen molar-refractivity contribution in [3.63, 3.8) is 0 Å². The van der Waals surface area contributed by atoms with E-state index in [1.165, 1.54) is 11.3 Å². The lowest BCUT2D eigenvalue weighted by Gasteiger charge is -2.54. The van der Waals surface area contributed by atoms with Crippen LogP contribution < -0.4 is 4.90 Å². The number of carbonyl (C=O) groups excluding carboxylic acids is 1. The van der Waals surface area contributed by atoms with E-state index in [2.05, 4.69) is 43.7 Å². The minimum Gasteiger partial charge on any atom is -0.461 e. The van der Waals surface area contributed by atoms with Gasteiger partial charge in [-0.2, -0.15) is 0 Å². The maximum Gasteiger partial charge on any atom is 0.357 e. The summed E-state index contributed by atoms with van der Waals surface area (Å²) in [4.78, 5) is 18.5. The predicted octanol–water partition coefficient (Wildman–Crippen LogP) is 3.27. The fourth-order valence-corrected chi connectivity index (χ4v) is 4.38. The van der Waals surface area contributed by atoms with Gasteiger partial charge in [-0.15, -0.1) is 11.3 Å². The lowest BCUT2D eigenvalue weighted by molar-refractivity contribution is 0.0511. The van der Waals surface area contributed by atoms with Crippen LogP contribution >= 0.6 is 11.3 Å². The highest BCUT2D eigenvalue weighted by Gasteiger charge is 2.47. The molecule has 1 aromatic rings. The predicted molar refractivity (Wildman–Crippen MR) is 92.2 cm³/mol. The van der Waals surface area contributed by atoms with E-state index in [1.54, 1.807) is 12.3 Å². The fraction of sp³-hybridized carbons (Fsp3) is 0.733. The molecule has 1 aliphatic rings. The molecule has 1 aliphatic heterocycles. The smallest absolute Gasteiger partial charge is 0.357 e. The Morgan fingerprint density at radius 2 is 2.18 bits per heavy atom. The van der Waals surface area contributed by atoms with Gasteiger partial charge < -0.3 is 14.1 Å². The average molecular weight is 343 g/mol. The molecule has 0 spiro atoms. The second kappa shape index (κ2) is 6.68. The fourth-order valence-electron chi connectivity index (χ4n) is 2.63. The van der Waals surface area contributed by atoms with E-state index in [9.17, 15) is 4.79 Å². The third kappa shape index (κ3) is 3.69. The molecule has 0 amide bonds. The second-order valence-electron chi connectivity index (χ2n) is 6.90. The van der Waals surface area contributed by atoms with E-state index in [4.69, 9.17) is 9.16 Å². The molecule has 2 unspecified atom stereocenters. The van der Waals surface area contributed by atoms with Crippen molar-refractivity contribution in [2.45, 2.75) is 59.5 Å². The van der Waals surface area contributed by atoms with Gasteiger partial charge in [0.05, 0.1) is 6.61 Å². The lowest BCUT2D eigenvalue weighted by atomic mass is 9.78. The molecular formula is C15H26N2O3SSi. The van der Waals surface area contributed by atoms with Gasteiger partial charge >= 0.3 is 5.97 Å². The summed E-state index contributed by atoms with van der Waals surface area (Å²) < 4.78 is 11.1. The SMILES string of the molecule is CCOC(=O)c1csc(N2C(O[SiH](C)C)CC2C(C)(C)C)n1. The van der Waals surface area contributed by atoms with Gasteiger partial charge in [-0.1, -0.05) is 20.8 Å². The largest absolute Gasteiger partial charge is 0.461 e. The Hall–Kier alpha value is -0.923. The number of carbonyl (C=O) groups is 1. The normalized spacial score (nSPS) is 21.9. The summed E-state index contributed by atoms with van der Waals surface area (Å²) in [6.45, 7) is 13.2. The summed E-state index contributed by atoms with van der Waals surface area (Å²) in [5, 5.41) is 2.63. The molecule has 2 atom stereocenters. The molecule has 0 radical (unpaired) electrons. The van der Waals surface area contributed by atoms with Crippen molar-refractivity contribution in [2.24, 2.45) is 5.41 Å². The van der Waals surface area contributed by atoms with Crippen LogP contribution in [0.2, 0.25) is 13.1 Å². The summed E-state index contributed by atoms with van der Waals surface area (Å²) in [5.41, 5.74) is 0.538. The molecule has 0 aromatic carbocycles. The molecule has 22 heavy (non-hydrogen) atoms. The molecule has 124 valence electrons. The Labute approximate surface area is 138 Å². The highest BCUT2D eigenvalue weighted by Crippen LogP contribution is 2.43. The zero-order chi connectivity index (χ0) is 16.5. The van der Waals surface area contributed by atoms with Crippen LogP contribution in [0, 0.1) is 5.41 Å². The summed E-state index contributed by atoms with van der Waals surface area (Å²) in [7, 11) is -1.12.